The number of rotatable bonds is 59. The van der Waals surface area contributed by atoms with Crippen LogP contribution in [0, 0.1) is 0 Å². The number of unbranched alkanes of at least 4 members (excludes halogenated alkanes) is 42. The van der Waals surface area contributed by atoms with Crippen LogP contribution in [-0.2, 0) is 23.8 Å². The van der Waals surface area contributed by atoms with Crippen molar-refractivity contribution in [3.05, 3.63) is 36.5 Å². The number of esters is 2. The summed E-state index contributed by atoms with van der Waals surface area (Å²) in [6.45, 7) is 7.85. The zero-order valence-electron chi connectivity index (χ0n) is 47.6. The highest BCUT2D eigenvalue weighted by molar-refractivity contribution is 5.70. The van der Waals surface area contributed by atoms with Crippen LogP contribution in [0.3, 0.4) is 0 Å². The van der Waals surface area contributed by atoms with Crippen LogP contribution in [0.1, 0.15) is 342 Å². The van der Waals surface area contributed by atoms with Crippen LogP contribution in [0.15, 0.2) is 36.5 Å². The van der Waals surface area contributed by atoms with Crippen molar-refractivity contribution in [3.63, 3.8) is 0 Å². The van der Waals surface area contributed by atoms with Gasteiger partial charge in [-0.3, -0.25) is 9.59 Å². The molecule has 70 heavy (non-hydrogen) atoms. The molecule has 0 fully saturated rings. The van der Waals surface area contributed by atoms with Gasteiger partial charge in [-0.2, -0.15) is 0 Å². The van der Waals surface area contributed by atoms with E-state index in [4.69, 9.17) is 14.2 Å². The Morgan fingerprint density at radius 2 is 0.614 bits per heavy atom. The molecule has 0 aliphatic rings. The van der Waals surface area contributed by atoms with Gasteiger partial charge in [-0.25, -0.2) is 0 Å². The van der Waals surface area contributed by atoms with E-state index in [1.54, 1.807) is 0 Å². The zero-order chi connectivity index (χ0) is 50.6. The molecule has 0 aliphatic carbocycles. The Morgan fingerprint density at radius 3 is 1.00 bits per heavy atom. The minimum absolute atomic E-state index is 0.0663. The standard InChI is InChI=1S/C65H122O5/c1-4-7-10-13-16-19-22-25-28-31-32-33-34-36-38-41-44-47-50-53-56-59-65(67)70-63(61-68-60-57-54-51-48-45-42-39-30-27-24-21-18-15-12-9-6-3)62-69-64(66)58-55-52-49-46-43-40-37-35-29-26-23-20-17-14-11-8-5-2/h26,29,37,40,46,49,63H,4-25,27-28,30-36,38-39,41-45,47-48,50-62H2,1-3H3/b29-26-,40-37-,49-46-/t63-/m1/s1. The smallest absolute Gasteiger partial charge is 0.306 e. The van der Waals surface area contributed by atoms with Crippen LogP contribution in [0.4, 0.5) is 0 Å². The highest BCUT2D eigenvalue weighted by atomic mass is 16.6. The summed E-state index contributed by atoms with van der Waals surface area (Å²) in [7, 11) is 0. The van der Waals surface area contributed by atoms with Crippen molar-refractivity contribution < 1.29 is 23.8 Å². The molecule has 1 atom stereocenters. The maximum atomic E-state index is 12.9. The molecule has 0 saturated heterocycles. The summed E-state index contributed by atoms with van der Waals surface area (Å²) in [4.78, 5) is 25.6. The molecule has 0 saturated carbocycles. The van der Waals surface area contributed by atoms with Crippen LogP contribution >= 0.6 is 0 Å². The lowest BCUT2D eigenvalue weighted by Gasteiger charge is -2.18. The molecule has 0 aliphatic heterocycles. The summed E-state index contributed by atoms with van der Waals surface area (Å²) in [5, 5.41) is 0. The first kappa shape index (κ1) is 68.1. The quantitative estimate of drug-likeness (QED) is 0.0345. The van der Waals surface area contributed by atoms with Gasteiger partial charge in [0.2, 0.25) is 0 Å². The largest absolute Gasteiger partial charge is 0.462 e. The molecule has 0 N–H and O–H groups in total. The molecule has 412 valence electrons. The molecule has 5 nitrogen and oxygen atoms in total. The third-order valence-electron chi connectivity index (χ3n) is 14.2. The topological polar surface area (TPSA) is 61.8 Å². The molecule has 5 heteroatoms. The predicted octanol–water partition coefficient (Wildman–Crippen LogP) is 21.7. The van der Waals surface area contributed by atoms with E-state index in [9.17, 15) is 9.59 Å². The van der Waals surface area contributed by atoms with Crippen LogP contribution in [0.5, 0.6) is 0 Å². The van der Waals surface area contributed by atoms with E-state index in [0.717, 1.165) is 44.9 Å². The normalized spacial score (nSPS) is 12.3. The highest BCUT2D eigenvalue weighted by Crippen LogP contribution is 2.17. The number of allylic oxidation sites excluding steroid dienone is 6. The average molecular weight is 984 g/mol. The molecule has 0 heterocycles. The highest BCUT2D eigenvalue weighted by Gasteiger charge is 2.17. The summed E-state index contributed by atoms with van der Waals surface area (Å²) in [5.41, 5.74) is 0. The van der Waals surface area contributed by atoms with E-state index in [2.05, 4.69) is 57.2 Å². The Bertz CT molecular complexity index is 1110. The number of hydrogen-bond donors (Lipinski definition) is 0. The van der Waals surface area contributed by atoms with Crippen molar-refractivity contribution in [3.8, 4) is 0 Å². The fraction of sp³-hybridized carbons (Fsp3) is 0.877. The predicted molar refractivity (Wildman–Crippen MR) is 307 cm³/mol. The lowest BCUT2D eigenvalue weighted by Crippen LogP contribution is -2.30. The van der Waals surface area contributed by atoms with Gasteiger partial charge < -0.3 is 14.2 Å². The lowest BCUT2D eigenvalue weighted by atomic mass is 10.0. The molecular formula is C65H122O5. The number of carbonyl (C=O) groups is 2. The molecule has 0 aromatic carbocycles. The summed E-state index contributed by atoms with van der Waals surface area (Å²) in [5.74, 6) is -0.433. The molecule has 0 spiro atoms. The molecule has 0 unspecified atom stereocenters. The van der Waals surface area contributed by atoms with Crippen LogP contribution in [-0.4, -0.2) is 37.9 Å². The maximum absolute atomic E-state index is 12.9. The van der Waals surface area contributed by atoms with Crippen molar-refractivity contribution in [2.75, 3.05) is 19.8 Å². The van der Waals surface area contributed by atoms with Crippen LogP contribution < -0.4 is 0 Å². The van der Waals surface area contributed by atoms with E-state index < -0.39 is 6.10 Å². The van der Waals surface area contributed by atoms with E-state index in [0.29, 0.717) is 19.4 Å². The van der Waals surface area contributed by atoms with Gasteiger partial charge in [-0.1, -0.05) is 314 Å². The SMILES string of the molecule is CCCCCCCC/C=C\C/C=C\C/C=C\CCCC(=O)OC[C@@H](COCCCCCCCCCCCCCCCCCC)OC(=O)CCCCCCCCCCCCCCCCCCCCCCC. The Kier molecular flexibility index (Phi) is 59.8. The van der Waals surface area contributed by atoms with Gasteiger partial charge >= 0.3 is 11.9 Å². The molecule has 0 rings (SSSR count). The summed E-state index contributed by atoms with van der Waals surface area (Å²) >= 11 is 0. The van der Waals surface area contributed by atoms with Crippen molar-refractivity contribution in [1.82, 2.24) is 0 Å². The minimum Gasteiger partial charge on any atom is -0.462 e. The molecule has 0 radical (unpaired) electrons. The zero-order valence-corrected chi connectivity index (χ0v) is 47.6. The fourth-order valence-electron chi connectivity index (χ4n) is 9.47. The van der Waals surface area contributed by atoms with Crippen molar-refractivity contribution in [1.29, 1.82) is 0 Å². The van der Waals surface area contributed by atoms with Crippen LogP contribution in [0.2, 0.25) is 0 Å². The molecule has 0 aromatic rings. The average Bonchev–Trinajstić information content (AvgIpc) is 3.36. The number of carbonyl (C=O) groups excluding carboxylic acids is 2. The van der Waals surface area contributed by atoms with Gasteiger partial charge in [0.05, 0.1) is 6.61 Å². The number of ether oxygens (including phenoxy) is 3. The van der Waals surface area contributed by atoms with E-state index in [1.165, 1.54) is 263 Å². The van der Waals surface area contributed by atoms with Gasteiger partial charge in [-0.05, 0) is 51.4 Å². The molecule has 0 aromatic heterocycles. The Balaban J connectivity index is 4.26. The fourth-order valence-corrected chi connectivity index (χ4v) is 9.47. The van der Waals surface area contributed by atoms with Gasteiger partial charge in [0.25, 0.3) is 0 Å². The van der Waals surface area contributed by atoms with Gasteiger partial charge in [-0.15, -0.1) is 0 Å². The summed E-state index contributed by atoms with van der Waals surface area (Å²) < 4.78 is 17.5. The Hall–Kier alpha value is -1.88. The number of hydrogen-bond acceptors (Lipinski definition) is 5. The Morgan fingerprint density at radius 1 is 0.314 bits per heavy atom. The van der Waals surface area contributed by atoms with Crippen molar-refractivity contribution >= 4 is 11.9 Å². The maximum Gasteiger partial charge on any atom is 0.306 e. The van der Waals surface area contributed by atoms with Crippen molar-refractivity contribution in [2.24, 2.45) is 0 Å². The van der Waals surface area contributed by atoms with Crippen LogP contribution in [0.25, 0.3) is 0 Å². The van der Waals surface area contributed by atoms with E-state index >= 15 is 0 Å². The monoisotopic (exact) mass is 983 g/mol. The second kappa shape index (κ2) is 61.4. The second-order valence-corrected chi connectivity index (χ2v) is 21.3. The summed E-state index contributed by atoms with van der Waals surface area (Å²) in [6.07, 6.45) is 76.2. The third-order valence-corrected chi connectivity index (χ3v) is 14.2. The Labute approximate surface area is 438 Å². The van der Waals surface area contributed by atoms with E-state index in [-0.39, 0.29) is 25.2 Å². The lowest BCUT2D eigenvalue weighted by molar-refractivity contribution is -0.163. The third kappa shape index (κ3) is 58.7. The van der Waals surface area contributed by atoms with Gasteiger partial charge in [0.1, 0.15) is 6.61 Å². The first-order valence-corrected chi connectivity index (χ1v) is 31.5. The van der Waals surface area contributed by atoms with Crippen molar-refractivity contribution in [2.45, 2.75) is 348 Å². The molecule has 0 amide bonds. The van der Waals surface area contributed by atoms with Gasteiger partial charge in [0.15, 0.2) is 6.10 Å². The first-order chi connectivity index (χ1) is 34.6. The van der Waals surface area contributed by atoms with E-state index in [1.807, 2.05) is 0 Å². The second-order valence-electron chi connectivity index (χ2n) is 21.3. The minimum atomic E-state index is -0.551. The first-order valence-electron chi connectivity index (χ1n) is 31.5. The molecular weight excluding hydrogens is 861 g/mol. The molecule has 0 bridgehead atoms. The summed E-state index contributed by atoms with van der Waals surface area (Å²) in [6, 6.07) is 0. The van der Waals surface area contributed by atoms with Gasteiger partial charge in [0, 0.05) is 19.4 Å².